The molecule has 3 rings (SSSR count). The van der Waals surface area contributed by atoms with E-state index in [2.05, 4.69) is 10.2 Å². The molecule has 2 amide bonds. The Hall–Kier alpha value is -2.87. The Morgan fingerprint density at radius 1 is 1.21 bits per heavy atom. The van der Waals surface area contributed by atoms with Crippen LogP contribution in [0.4, 0.5) is 10.6 Å². The number of hydrogen-bond acceptors (Lipinski definition) is 5. The number of hydrogen-bond donors (Lipinski definition) is 3. The van der Waals surface area contributed by atoms with E-state index >= 15 is 0 Å². The molecule has 1 fully saturated rings. The average molecular weight is 386 g/mol. The first-order chi connectivity index (χ1) is 13.4. The molecule has 1 aliphatic rings. The Balaban J connectivity index is 1.58. The summed E-state index contributed by atoms with van der Waals surface area (Å²) in [5.74, 6) is 0.513. The number of amides is 2. The van der Waals surface area contributed by atoms with E-state index in [9.17, 15) is 19.8 Å². The smallest absolute Gasteiger partial charge is 0.407 e. The molecule has 0 saturated carbocycles. The van der Waals surface area contributed by atoms with E-state index in [1.807, 2.05) is 36.4 Å². The molecule has 1 aromatic heterocycles. The molecule has 28 heavy (non-hydrogen) atoms. The first-order valence-corrected chi connectivity index (χ1v) is 9.42. The number of aromatic nitrogens is 1. The summed E-state index contributed by atoms with van der Waals surface area (Å²) in [5, 5.41) is 23.6. The third kappa shape index (κ3) is 4.69. The number of carbonyl (C=O) groups is 2. The van der Waals surface area contributed by atoms with Crippen molar-refractivity contribution in [3.8, 4) is 0 Å². The van der Waals surface area contributed by atoms with E-state index in [1.165, 1.54) is 7.05 Å². The van der Waals surface area contributed by atoms with Crippen molar-refractivity contribution in [1.29, 1.82) is 0 Å². The van der Waals surface area contributed by atoms with Crippen LogP contribution >= 0.6 is 0 Å². The van der Waals surface area contributed by atoms with Crippen LogP contribution in [0.5, 0.6) is 0 Å². The largest absolute Gasteiger partial charge is 0.465 e. The average Bonchev–Trinajstić information content (AvgIpc) is 2.71. The van der Waals surface area contributed by atoms with Gasteiger partial charge in [0.1, 0.15) is 12.4 Å². The van der Waals surface area contributed by atoms with Gasteiger partial charge in [0.25, 0.3) is 0 Å². The molecule has 8 heteroatoms. The maximum atomic E-state index is 11.5. The van der Waals surface area contributed by atoms with Gasteiger partial charge in [0.05, 0.1) is 11.1 Å². The molecule has 8 nitrogen and oxygen atoms in total. The third-order valence-corrected chi connectivity index (χ3v) is 5.33. The van der Waals surface area contributed by atoms with Crippen molar-refractivity contribution in [2.45, 2.75) is 24.9 Å². The van der Waals surface area contributed by atoms with Crippen LogP contribution in [0.25, 0.3) is 10.9 Å². The van der Waals surface area contributed by atoms with Gasteiger partial charge in [-0.05, 0) is 37.5 Å². The topological polar surface area (TPSA) is 106 Å². The minimum atomic E-state index is -1.16. The Morgan fingerprint density at radius 2 is 1.93 bits per heavy atom. The summed E-state index contributed by atoms with van der Waals surface area (Å²) in [6, 6.07) is 12.0. The number of nitrogens with zero attached hydrogens (tertiary/aromatic N) is 3. The summed E-state index contributed by atoms with van der Waals surface area (Å²) in [7, 11) is 1.46. The number of piperidine rings is 1. The summed E-state index contributed by atoms with van der Waals surface area (Å²) in [6.45, 7) is 1.18. The van der Waals surface area contributed by atoms with Gasteiger partial charge in [-0.15, -0.1) is 0 Å². The highest BCUT2D eigenvalue weighted by atomic mass is 16.4. The minimum Gasteiger partial charge on any atom is -0.465 e. The van der Waals surface area contributed by atoms with Crippen molar-refractivity contribution in [2.75, 3.05) is 38.1 Å². The molecule has 0 spiro atoms. The van der Waals surface area contributed by atoms with E-state index in [0.29, 0.717) is 32.4 Å². The number of pyridine rings is 1. The van der Waals surface area contributed by atoms with Crippen LogP contribution in [-0.4, -0.2) is 70.9 Å². The molecule has 0 aliphatic carbocycles. The summed E-state index contributed by atoms with van der Waals surface area (Å²) in [5.41, 5.74) is -0.00357. The fourth-order valence-corrected chi connectivity index (χ4v) is 3.47. The number of anilines is 1. The van der Waals surface area contributed by atoms with E-state index < -0.39 is 11.7 Å². The maximum absolute atomic E-state index is 11.5. The fourth-order valence-electron chi connectivity index (χ4n) is 3.47. The molecule has 3 N–H and O–H groups in total. The predicted octanol–water partition coefficient (Wildman–Crippen LogP) is 1.68. The lowest BCUT2D eigenvalue weighted by Gasteiger charge is -2.39. The zero-order valence-corrected chi connectivity index (χ0v) is 16.0. The van der Waals surface area contributed by atoms with Gasteiger partial charge in [-0.1, -0.05) is 18.2 Å². The Kier molecular flexibility index (Phi) is 5.99. The second kappa shape index (κ2) is 8.43. The number of fused-ring (bicyclic) bond motifs is 1. The second-order valence-electron chi connectivity index (χ2n) is 7.20. The van der Waals surface area contributed by atoms with E-state index in [4.69, 9.17) is 4.98 Å². The maximum Gasteiger partial charge on any atom is 0.407 e. The number of benzene rings is 1. The van der Waals surface area contributed by atoms with Crippen LogP contribution in [0.2, 0.25) is 0 Å². The van der Waals surface area contributed by atoms with Crippen molar-refractivity contribution in [3.05, 3.63) is 36.4 Å². The number of carboxylic acid groups (broad SMARTS) is 1. The van der Waals surface area contributed by atoms with Crippen molar-refractivity contribution in [2.24, 2.45) is 0 Å². The van der Waals surface area contributed by atoms with Crippen LogP contribution in [0.15, 0.2) is 36.4 Å². The first kappa shape index (κ1) is 19.9. The molecule has 0 radical (unpaired) electrons. The van der Waals surface area contributed by atoms with Gasteiger partial charge in [-0.25, -0.2) is 9.78 Å². The molecule has 0 unspecified atom stereocenters. The SMILES string of the molecule is CNC(=O)CN(CCC1(O)CCN(c2ccc3ccccc3n2)CC1)C(=O)O. The quantitative estimate of drug-likeness (QED) is 0.698. The van der Waals surface area contributed by atoms with Crippen molar-refractivity contribution < 1.29 is 19.8 Å². The van der Waals surface area contributed by atoms with Gasteiger partial charge < -0.3 is 20.4 Å². The number of aliphatic hydroxyl groups is 1. The number of likely N-dealkylation sites (N-methyl/N-ethyl adjacent to an activating group) is 1. The number of para-hydroxylation sites is 1. The lowest BCUT2D eigenvalue weighted by molar-refractivity contribution is -0.121. The molecule has 150 valence electrons. The second-order valence-corrected chi connectivity index (χ2v) is 7.20. The van der Waals surface area contributed by atoms with Crippen LogP contribution in [0, 0.1) is 0 Å². The molecule has 1 aromatic carbocycles. The molecule has 0 atom stereocenters. The Morgan fingerprint density at radius 3 is 2.61 bits per heavy atom. The van der Waals surface area contributed by atoms with Gasteiger partial charge in [0.15, 0.2) is 0 Å². The van der Waals surface area contributed by atoms with Gasteiger partial charge >= 0.3 is 6.09 Å². The number of rotatable bonds is 6. The highest BCUT2D eigenvalue weighted by Gasteiger charge is 2.33. The molecule has 1 aliphatic heterocycles. The normalized spacial score (nSPS) is 16.0. The summed E-state index contributed by atoms with van der Waals surface area (Å²) in [6.07, 6.45) is 0.184. The third-order valence-electron chi connectivity index (χ3n) is 5.33. The standard InChI is InChI=1S/C20H26N4O4/c1-21-18(25)14-24(19(26)27)13-10-20(28)8-11-23(12-9-20)17-7-6-15-4-2-3-5-16(15)22-17/h2-7,28H,8-14H2,1H3,(H,21,25)(H,26,27). The molecule has 1 saturated heterocycles. The zero-order chi connectivity index (χ0) is 20.1. The molecule has 0 bridgehead atoms. The van der Waals surface area contributed by atoms with Crippen LogP contribution in [0.1, 0.15) is 19.3 Å². The number of carbonyl (C=O) groups excluding carboxylic acids is 1. The lowest BCUT2D eigenvalue weighted by Crippen LogP contribution is -2.47. The van der Waals surface area contributed by atoms with E-state index in [1.54, 1.807) is 0 Å². The highest BCUT2D eigenvalue weighted by Crippen LogP contribution is 2.29. The molecule has 2 aromatic rings. The zero-order valence-electron chi connectivity index (χ0n) is 16.0. The van der Waals surface area contributed by atoms with E-state index in [0.717, 1.165) is 21.6 Å². The van der Waals surface area contributed by atoms with Crippen molar-refractivity contribution in [1.82, 2.24) is 15.2 Å². The minimum absolute atomic E-state index is 0.119. The monoisotopic (exact) mass is 386 g/mol. The van der Waals surface area contributed by atoms with Gasteiger partial charge in [0, 0.05) is 32.1 Å². The molecular formula is C20H26N4O4. The summed E-state index contributed by atoms with van der Waals surface area (Å²) in [4.78, 5) is 30.7. The van der Waals surface area contributed by atoms with Gasteiger partial charge in [0.2, 0.25) is 5.91 Å². The van der Waals surface area contributed by atoms with Crippen LogP contribution in [-0.2, 0) is 4.79 Å². The van der Waals surface area contributed by atoms with Gasteiger partial charge in [-0.3, -0.25) is 9.69 Å². The predicted molar refractivity (Wildman–Crippen MR) is 106 cm³/mol. The fraction of sp³-hybridized carbons (Fsp3) is 0.450. The first-order valence-electron chi connectivity index (χ1n) is 9.42. The van der Waals surface area contributed by atoms with Crippen molar-refractivity contribution in [3.63, 3.8) is 0 Å². The lowest BCUT2D eigenvalue weighted by atomic mass is 9.88. The Bertz CT molecular complexity index is 849. The van der Waals surface area contributed by atoms with Crippen LogP contribution in [0.3, 0.4) is 0 Å². The summed E-state index contributed by atoms with van der Waals surface area (Å²) < 4.78 is 0. The highest BCUT2D eigenvalue weighted by molar-refractivity contribution is 5.81. The Labute approximate surface area is 163 Å². The number of nitrogens with one attached hydrogen (secondary N) is 1. The van der Waals surface area contributed by atoms with Gasteiger partial charge in [-0.2, -0.15) is 0 Å². The van der Waals surface area contributed by atoms with E-state index in [-0.39, 0.29) is 19.0 Å². The van der Waals surface area contributed by atoms with Crippen LogP contribution < -0.4 is 10.2 Å². The summed E-state index contributed by atoms with van der Waals surface area (Å²) >= 11 is 0. The van der Waals surface area contributed by atoms with Crippen molar-refractivity contribution >= 4 is 28.7 Å². The molecule has 2 heterocycles. The molecular weight excluding hydrogens is 360 g/mol.